The van der Waals surface area contributed by atoms with E-state index in [2.05, 4.69) is 22.2 Å². The third-order valence-electron chi connectivity index (χ3n) is 6.99. The van der Waals surface area contributed by atoms with Gasteiger partial charge in [0.25, 0.3) is 5.91 Å². The molecule has 2 heterocycles. The predicted octanol–water partition coefficient (Wildman–Crippen LogP) is 4.42. The molecule has 2 amide bonds. The molecule has 33 heavy (non-hydrogen) atoms. The van der Waals surface area contributed by atoms with Crippen LogP contribution in [0.3, 0.4) is 0 Å². The second kappa shape index (κ2) is 9.35. The Morgan fingerprint density at radius 2 is 1.70 bits per heavy atom. The minimum atomic E-state index is -0.0332. The van der Waals surface area contributed by atoms with Crippen molar-refractivity contribution in [1.82, 2.24) is 9.80 Å². The molecule has 0 bridgehead atoms. The van der Waals surface area contributed by atoms with Crippen molar-refractivity contribution < 1.29 is 9.59 Å². The van der Waals surface area contributed by atoms with Gasteiger partial charge in [-0.05, 0) is 68.6 Å². The van der Waals surface area contributed by atoms with Crippen LogP contribution in [0.15, 0.2) is 42.5 Å². The molecule has 0 spiro atoms. The molecule has 6 nitrogen and oxygen atoms in total. The van der Waals surface area contributed by atoms with Crippen molar-refractivity contribution in [2.45, 2.75) is 31.7 Å². The summed E-state index contributed by atoms with van der Waals surface area (Å²) in [5.41, 5.74) is 3.51. The molecule has 1 N–H and O–H groups in total. The number of carbonyl (C=O) groups excluding carboxylic acids is 2. The number of benzene rings is 2. The Morgan fingerprint density at radius 1 is 0.970 bits per heavy atom. The molecule has 2 aliphatic heterocycles. The SMILES string of the molecule is CN1CCN(C(=O)c2ccc(NC(=O)C3CC3)cc2N2CCCC2)C(c2ccc(Cl)cc2)C1. The molecule has 1 saturated carbocycles. The molecule has 2 aromatic rings. The Hall–Kier alpha value is -2.57. The van der Waals surface area contributed by atoms with Gasteiger partial charge in [-0.25, -0.2) is 0 Å². The second-order valence-electron chi connectivity index (χ2n) is 9.52. The largest absolute Gasteiger partial charge is 0.371 e. The molecule has 1 atom stereocenters. The van der Waals surface area contributed by atoms with Crippen molar-refractivity contribution in [2.75, 3.05) is 50.0 Å². The van der Waals surface area contributed by atoms with Crippen molar-refractivity contribution >= 4 is 34.8 Å². The third kappa shape index (κ3) is 4.87. The Morgan fingerprint density at radius 3 is 2.39 bits per heavy atom. The molecule has 7 heteroatoms. The van der Waals surface area contributed by atoms with E-state index in [9.17, 15) is 9.59 Å². The maximum Gasteiger partial charge on any atom is 0.256 e. The molecule has 0 radical (unpaired) electrons. The average molecular weight is 467 g/mol. The molecule has 5 rings (SSSR count). The smallest absolute Gasteiger partial charge is 0.256 e. The Bertz CT molecular complexity index is 1030. The van der Waals surface area contributed by atoms with Gasteiger partial charge in [0, 0.05) is 49.4 Å². The summed E-state index contributed by atoms with van der Waals surface area (Å²) in [5, 5.41) is 3.74. The van der Waals surface area contributed by atoms with E-state index in [1.165, 1.54) is 0 Å². The lowest BCUT2D eigenvalue weighted by Gasteiger charge is -2.41. The van der Waals surface area contributed by atoms with Gasteiger partial charge < -0.3 is 20.0 Å². The van der Waals surface area contributed by atoms with E-state index < -0.39 is 0 Å². The topological polar surface area (TPSA) is 55.9 Å². The van der Waals surface area contributed by atoms with Gasteiger partial charge in [-0.1, -0.05) is 23.7 Å². The van der Waals surface area contributed by atoms with Crippen LogP contribution in [-0.4, -0.2) is 61.4 Å². The van der Waals surface area contributed by atoms with Gasteiger partial charge >= 0.3 is 0 Å². The number of likely N-dealkylation sites (N-methyl/N-ethyl adjacent to an activating group) is 1. The molecule has 1 unspecified atom stereocenters. The summed E-state index contributed by atoms with van der Waals surface area (Å²) in [4.78, 5) is 32.8. The first kappa shape index (κ1) is 22.2. The van der Waals surface area contributed by atoms with E-state index in [1.54, 1.807) is 0 Å². The van der Waals surface area contributed by atoms with Crippen LogP contribution in [-0.2, 0) is 4.79 Å². The number of piperazine rings is 1. The van der Waals surface area contributed by atoms with Crippen molar-refractivity contribution in [3.05, 3.63) is 58.6 Å². The van der Waals surface area contributed by atoms with E-state index in [0.29, 0.717) is 17.1 Å². The Labute approximate surface area is 200 Å². The predicted molar refractivity (Wildman–Crippen MR) is 132 cm³/mol. The number of hydrogen-bond acceptors (Lipinski definition) is 4. The molecular weight excluding hydrogens is 436 g/mol. The number of hydrogen-bond donors (Lipinski definition) is 1. The summed E-state index contributed by atoms with van der Waals surface area (Å²) >= 11 is 6.12. The number of nitrogens with one attached hydrogen (secondary N) is 1. The van der Waals surface area contributed by atoms with E-state index in [0.717, 1.165) is 68.8 Å². The van der Waals surface area contributed by atoms with Crippen LogP contribution in [0.5, 0.6) is 0 Å². The number of rotatable bonds is 5. The minimum Gasteiger partial charge on any atom is -0.371 e. The Kier molecular flexibility index (Phi) is 6.30. The Balaban J connectivity index is 1.46. The summed E-state index contributed by atoms with van der Waals surface area (Å²) in [6.07, 6.45) is 4.18. The lowest BCUT2D eigenvalue weighted by molar-refractivity contribution is -0.117. The van der Waals surface area contributed by atoms with E-state index in [-0.39, 0.29) is 23.8 Å². The lowest BCUT2D eigenvalue weighted by Crippen LogP contribution is -2.49. The average Bonchev–Trinajstić information content (AvgIpc) is 3.53. The van der Waals surface area contributed by atoms with Crippen molar-refractivity contribution in [3.63, 3.8) is 0 Å². The van der Waals surface area contributed by atoms with E-state index >= 15 is 0 Å². The molecule has 0 aromatic heterocycles. The molecule has 3 fully saturated rings. The first-order chi connectivity index (χ1) is 16.0. The van der Waals surface area contributed by atoms with Crippen LogP contribution >= 0.6 is 11.6 Å². The van der Waals surface area contributed by atoms with Crippen LogP contribution in [0.4, 0.5) is 11.4 Å². The highest BCUT2D eigenvalue weighted by Gasteiger charge is 2.33. The van der Waals surface area contributed by atoms with Crippen LogP contribution in [0, 0.1) is 5.92 Å². The van der Waals surface area contributed by atoms with Crippen molar-refractivity contribution in [1.29, 1.82) is 0 Å². The highest BCUT2D eigenvalue weighted by Crippen LogP contribution is 2.34. The highest BCUT2D eigenvalue weighted by atomic mass is 35.5. The minimum absolute atomic E-state index is 0.0332. The second-order valence-corrected chi connectivity index (χ2v) is 9.95. The third-order valence-corrected chi connectivity index (χ3v) is 7.24. The fourth-order valence-electron chi connectivity index (χ4n) is 4.89. The summed E-state index contributed by atoms with van der Waals surface area (Å²) in [6, 6.07) is 13.5. The number of nitrogens with zero attached hydrogens (tertiary/aromatic N) is 3. The van der Waals surface area contributed by atoms with Crippen molar-refractivity contribution in [3.8, 4) is 0 Å². The normalized spacial score (nSPS) is 21.3. The van der Waals surface area contributed by atoms with E-state index in [1.807, 2.05) is 47.4 Å². The van der Waals surface area contributed by atoms with Crippen LogP contribution in [0.1, 0.15) is 47.6 Å². The van der Waals surface area contributed by atoms with Gasteiger partial charge in [0.1, 0.15) is 0 Å². The molecular formula is C26H31ClN4O2. The standard InChI is InChI=1S/C26H31ClN4O2/c1-29-14-15-31(24(17-29)18-6-8-20(27)9-7-18)26(33)22-11-10-21(28-25(32)19-4-5-19)16-23(22)30-12-2-3-13-30/h6-11,16,19,24H,2-5,12-15,17H2,1H3,(H,28,32). The first-order valence-electron chi connectivity index (χ1n) is 11.9. The van der Waals surface area contributed by atoms with E-state index in [4.69, 9.17) is 11.6 Å². The number of anilines is 2. The molecule has 2 aromatic carbocycles. The number of carbonyl (C=O) groups is 2. The fraction of sp³-hybridized carbons (Fsp3) is 0.462. The molecule has 1 aliphatic carbocycles. The summed E-state index contributed by atoms with van der Waals surface area (Å²) in [7, 11) is 2.09. The molecule has 2 saturated heterocycles. The van der Waals surface area contributed by atoms with Gasteiger partial charge in [-0.3, -0.25) is 9.59 Å². The fourth-order valence-corrected chi connectivity index (χ4v) is 5.01. The number of halogens is 1. The number of amides is 2. The van der Waals surface area contributed by atoms with Gasteiger partial charge in [0.15, 0.2) is 0 Å². The zero-order valence-corrected chi connectivity index (χ0v) is 19.9. The van der Waals surface area contributed by atoms with Crippen LogP contribution < -0.4 is 10.2 Å². The van der Waals surface area contributed by atoms with Gasteiger partial charge in [-0.15, -0.1) is 0 Å². The molecule has 174 valence electrons. The lowest BCUT2D eigenvalue weighted by atomic mass is 10.0. The van der Waals surface area contributed by atoms with Gasteiger partial charge in [-0.2, -0.15) is 0 Å². The van der Waals surface area contributed by atoms with Crippen LogP contribution in [0.25, 0.3) is 0 Å². The zero-order valence-electron chi connectivity index (χ0n) is 19.1. The van der Waals surface area contributed by atoms with Gasteiger partial charge in [0.05, 0.1) is 17.3 Å². The molecule has 3 aliphatic rings. The van der Waals surface area contributed by atoms with Crippen molar-refractivity contribution in [2.24, 2.45) is 5.92 Å². The maximum atomic E-state index is 14.0. The zero-order chi connectivity index (χ0) is 22.9. The highest BCUT2D eigenvalue weighted by molar-refractivity contribution is 6.30. The maximum absolute atomic E-state index is 14.0. The summed E-state index contributed by atoms with van der Waals surface area (Å²) < 4.78 is 0. The summed E-state index contributed by atoms with van der Waals surface area (Å²) in [6.45, 7) is 4.15. The quantitative estimate of drug-likeness (QED) is 0.708. The first-order valence-corrected chi connectivity index (χ1v) is 12.3. The van der Waals surface area contributed by atoms with Crippen LogP contribution in [0.2, 0.25) is 5.02 Å². The summed E-state index contributed by atoms with van der Waals surface area (Å²) in [5.74, 6) is 0.278. The van der Waals surface area contributed by atoms with Gasteiger partial charge in [0.2, 0.25) is 5.91 Å². The monoisotopic (exact) mass is 466 g/mol.